The molecule has 0 amide bonds. The maximum Gasteiger partial charge on any atom is 0.244 e. The summed E-state index contributed by atoms with van der Waals surface area (Å²) in [7, 11) is -3.68. The molecule has 202 valence electrons. The van der Waals surface area contributed by atoms with Crippen molar-refractivity contribution in [3.63, 3.8) is 0 Å². The summed E-state index contributed by atoms with van der Waals surface area (Å²) in [5.74, 6) is 1.67. The van der Waals surface area contributed by atoms with E-state index in [2.05, 4.69) is 20.1 Å². The summed E-state index contributed by atoms with van der Waals surface area (Å²) in [5.41, 5.74) is 0. The van der Waals surface area contributed by atoms with Crippen LogP contribution < -0.4 is 15.1 Å². The van der Waals surface area contributed by atoms with E-state index in [9.17, 15) is 8.42 Å². The molecule has 12 nitrogen and oxygen atoms in total. The molecule has 2 aromatic rings. The Kier molecular flexibility index (Phi) is 8.57. The summed E-state index contributed by atoms with van der Waals surface area (Å²) < 4.78 is 38.7. The van der Waals surface area contributed by atoms with Gasteiger partial charge < -0.3 is 24.6 Å². The van der Waals surface area contributed by atoms with E-state index in [1.165, 1.54) is 4.31 Å². The predicted molar refractivity (Wildman–Crippen MR) is 141 cm³/mol. The van der Waals surface area contributed by atoms with Gasteiger partial charge in [0.25, 0.3) is 0 Å². The third-order valence-corrected chi connectivity index (χ3v) is 9.09. The van der Waals surface area contributed by atoms with Gasteiger partial charge in [0, 0.05) is 65.4 Å². The summed E-state index contributed by atoms with van der Waals surface area (Å²) in [6.45, 7) is 9.15. The highest BCUT2D eigenvalue weighted by molar-refractivity contribution is 7.89. The smallest absolute Gasteiger partial charge is 0.244 e. The first-order valence-corrected chi connectivity index (χ1v) is 14.4. The Hall–Kier alpha value is -2.29. The van der Waals surface area contributed by atoms with Crippen LogP contribution in [0.15, 0.2) is 29.2 Å². The number of piperazine rings is 1. The molecule has 1 aromatic heterocycles. The van der Waals surface area contributed by atoms with Crippen LogP contribution >= 0.6 is 11.6 Å². The van der Waals surface area contributed by atoms with E-state index in [0.29, 0.717) is 76.9 Å². The van der Waals surface area contributed by atoms with Crippen LogP contribution in [0.3, 0.4) is 0 Å². The van der Waals surface area contributed by atoms with E-state index in [-0.39, 0.29) is 9.92 Å². The minimum Gasteiger partial charge on any atom is -0.379 e. The van der Waals surface area contributed by atoms with Crippen molar-refractivity contribution in [2.24, 2.45) is 0 Å². The molecule has 0 aliphatic carbocycles. The fraction of sp³-hybridized carbons (Fsp3) is 0.609. The van der Waals surface area contributed by atoms with Gasteiger partial charge in [0.2, 0.25) is 27.9 Å². The summed E-state index contributed by atoms with van der Waals surface area (Å²) in [6, 6.07) is 6.54. The molecular formula is C23H33ClN8O4S. The summed E-state index contributed by atoms with van der Waals surface area (Å²) in [5, 5.41) is 3.59. The quantitative estimate of drug-likeness (QED) is 0.496. The number of hydrogen-bond donors (Lipinski definition) is 1. The zero-order chi connectivity index (χ0) is 25.7. The normalized spacial score (nSPS) is 20.2. The molecule has 14 heteroatoms. The number of anilines is 3. The fourth-order valence-electron chi connectivity index (χ4n) is 4.55. The van der Waals surface area contributed by atoms with Crippen LogP contribution in [0.5, 0.6) is 0 Å². The van der Waals surface area contributed by atoms with Crippen LogP contribution in [0.1, 0.15) is 0 Å². The highest BCUT2D eigenvalue weighted by Crippen LogP contribution is 2.26. The number of rotatable bonds is 8. The van der Waals surface area contributed by atoms with Crippen molar-refractivity contribution in [1.29, 1.82) is 0 Å². The summed E-state index contributed by atoms with van der Waals surface area (Å²) in [6.07, 6.45) is 0. The molecule has 3 fully saturated rings. The van der Waals surface area contributed by atoms with E-state index in [4.69, 9.17) is 31.0 Å². The van der Waals surface area contributed by atoms with E-state index in [1.54, 1.807) is 24.3 Å². The fourth-order valence-corrected chi connectivity index (χ4v) is 6.47. The second kappa shape index (κ2) is 12.0. The zero-order valence-corrected chi connectivity index (χ0v) is 22.3. The van der Waals surface area contributed by atoms with Crippen LogP contribution in [-0.2, 0) is 19.5 Å². The first-order chi connectivity index (χ1) is 18.0. The molecular weight excluding hydrogens is 520 g/mol. The van der Waals surface area contributed by atoms with Gasteiger partial charge in [0.05, 0.1) is 31.5 Å². The lowest BCUT2D eigenvalue weighted by Crippen LogP contribution is -2.49. The van der Waals surface area contributed by atoms with Gasteiger partial charge in [-0.15, -0.1) is 0 Å². The third-order valence-electron chi connectivity index (χ3n) is 6.70. The van der Waals surface area contributed by atoms with Gasteiger partial charge in [-0.3, -0.25) is 4.90 Å². The van der Waals surface area contributed by atoms with E-state index in [0.717, 1.165) is 32.8 Å². The Morgan fingerprint density at radius 1 is 0.811 bits per heavy atom. The van der Waals surface area contributed by atoms with Crippen molar-refractivity contribution >= 4 is 39.5 Å². The monoisotopic (exact) mass is 552 g/mol. The van der Waals surface area contributed by atoms with Crippen LogP contribution in [-0.4, -0.2) is 124 Å². The molecule has 4 heterocycles. The highest BCUT2D eigenvalue weighted by Gasteiger charge is 2.31. The molecule has 1 aromatic carbocycles. The number of aromatic nitrogens is 3. The summed E-state index contributed by atoms with van der Waals surface area (Å²) >= 11 is 6.18. The number of ether oxygens (including phenoxy) is 2. The second-order valence-corrected chi connectivity index (χ2v) is 11.4. The lowest BCUT2D eigenvalue weighted by Gasteiger charge is -2.35. The largest absolute Gasteiger partial charge is 0.379 e. The van der Waals surface area contributed by atoms with Crippen molar-refractivity contribution in [3.05, 3.63) is 29.3 Å². The number of nitrogens with zero attached hydrogens (tertiary/aromatic N) is 7. The Labute approximate surface area is 222 Å². The van der Waals surface area contributed by atoms with Gasteiger partial charge in [-0.2, -0.15) is 19.3 Å². The standard InChI is InChI=1S/C23H33ClN8O4S/c24-19-3-1-2-4-20(19)37(33,34)32-9-7-30(8-10-32)22-26-21(25-5-6-29-11-15-35-16-12-29)27-23(28-22)31-13-17-36-18-14-31/h1-4H,5-18H2,(H,25,26,27,28). The van der Waals surface area contributed by atoms with Crippen molar-refractivity contribution < 1.29 is 17.9 Å². The lowest BCUT2D eigenvalue weighted by atomic mass is 10.4. The molecule has 0 radical (unpaired) electrons. The van der Waals surface area contributed by atoms with Crippen molar-refractivity contribution in [2.45, 2.75) is 4.90 Å². The molecule has 0 bridgehead atoms. The minimum absolute atomic E-state index is 0.131. The Morgan fingerprint density at radius 3 is 2.05 bits per heavy atom. The average Bonchev–Trinajstić information content (AvgIpc) is 2.94. The van der Waals surface area contributed by atoms with Crippen LogP contribution in [0.25, 0.3) is 0 Å². The van der Waals surface area contributed by atoms with Crippen molar-refractivity contribution in [1.82, 2.24) is 24.2 Å². The van der Waals surface area contributed by atoms with Crippen molar-refractivity contribution in [2.75, 3.05) is 107 Å². The minimum atomic E-state index is -3.68. The van der Waals surface area contributed by atoms with Gasteiger partial charge in [0.15, 0.2) is 0 Å². The maximum absolute atomic E-state index is 13.2. The third kappa shape index (κ3) is 6.41. The molecule has 0 saturated carbocycles. The number of hydrogen-bond acceptors (Lipinski definition) is 11. The molecule has 37 heavy (non-hydrogen) atoms. The Morgan fingerprint density at radius 2 is 1.41 bits per heavy atom. The van der Waals surface area contributed by atoms with E-state index < -0.39 is 10.0 Å². The Bertz CT molecular complexity index is 1150. The Balaban J connectivity index is 1.28. The zero-order valence-electron chi connectivity index (χ0n) is 20.8. The molecule has 0 spiro atoms. The number of benzene rings is 1. The van der Waals surface area contributed by atoms with Gasteiger partial charge in [-0.05, 0) is 12.1 Å². The van der Waals surface area contributed by atoms with E-state index >= 15 is 0 Å². The molecule has 3 aliphatic heterocycles. The molecule has 0 atom stereocenters. The predicted octanol–water partition coefficient (Wildman–Crippen LogP) is 0.617. The number of morpholine rings is 2. The lowest BCUT2D eigenvalue weighted by molar-refractivity contribution is 0.0398. The van der Waals surface area contributed by atoms with E-state index in [1.807, 2.05) is 4.90 Å². The second-order valence-electron chi connectivity index (χ2n) is 9.06. The van der Waals surface area contributed by atoms with Gasteiger partial charge in [0.1, 0.15) is 4.90 Å². The molecule has 5 rings (SSSR count). The maximum atomic E-state index is 13.2. The number of halogens is 1. The first-order valence-electron chi connectivity index (χ1n) is 12.6. The molecule has 3 aliphatic rings. The molecule has 1 N–H and O–H groups in total. The molecule has 0 unspecified atom stereocenters. The highest BCUT2D eigenvalue weighted by atomic mass is 35.5. The SMILES string of the molecule is O=S(=O)(c1ccccc1Cl)N1CCN(c2nc(NCCN3CCOCC3)nc(N3CCOCC3)n2)CC1. The first kappa shape index (κ1) is 26.3. The van der Waals surface area contributed by atoms with Crippen LogP contribution in [0.2, 0.25) is 5.02 Å². The molecule has 3 saturated heterocycles. The number of sulfonamides is 1. The van der Waals surface area contributed by atoms with Crippen molar-refractivity contribution in [3.8, 4) is 0 Å². The topological polar surface area (TPSA) is 116 Å². The summed E-state index contributed by atoms with van der Waals surface area (Å²) in [4.78, 5) is 20.7. The van der Waals surface area contributed by atoms with Gasteiger partial charge in [-0.1, -0.05) is 23.7 Å². The average molecular weight is 553 g/mol. The van der Waals surface area contributed by atoms with Gasteiger partial charge in [-0.25, -0.2) is 8.42 Å². The van der Waals surface area contributed by atoms with Gasteiger partial charge >= 0.3 is 0 Å². The van der Waals surface area contributed by atoms with Crippen LogP contribution in [0, 0.1) is 0 Å². The number of nitrogens with one attached hydrogen (secondary N) is 1. The van der Waals surface area contributed by atoms with Crippen LogP contribution in [0.4, 0.5) is 17.8 Å².